The van der Waals surface area contributed by atoms with Gasteiger partial charge in [0.2, 0.25) is 5.65 Å². The molecule has 0 bridgehead atoms. The molecule has 1 aliphatic carbocycles. The summed E-state index contributed by atoms with van der Waals surface area (Å²) in [6.07, 6.45) is 3.86. The zero-order chi connectivity index (χ0) is 9.60. The maximum absolute atomic E-state index is 9.26. The fourth-order valence-electron chi connectivity index (χ4n) is 1.72. The molecule has 2 N–H and O–H groups in total. The highest BCUT2D eigenvalue weighted by atomic mass is 16.3. The van der Waals surface area contributed by atoms with Gasteiger partial charge in [-0.3, -0.25) is 0 Å². The van der Waals surface area contributed by atoms with Gasteiger partial charge in [-0.2, -0.15) is 10.3 Å². The molecule has 2 aromatic heterocycles. The lowest BCUT2D eigenvalue weighted by Crippen LogP contribution is -2.11. The van der Waals surface area contributed by atoms with Gasteiger partial charge >= 0.3 is 0 Å². The van der Waals surface area contributed by atoms with Crippen molar-refractivity contribution in [1.82, 2.24) is 20.4 Å². The number of aromatic nitrogens is 4. The second-order valence-corrected chi connectivity index (χ2v) is 3.83. The second-order valence-electron chi connectivity index (χ2n) is 3.83. The highest BCUT2D eigenvalue weighted by Crippen LogP contribution is 2.47. The van der Waals surface area contributed by atoms with Crippen LogP contribution < -0.4 is 0 Å². The quantitative estimate of drug-likeness (QED) is 0.717. The molecule has 0 radical (unpaired) electrons. The number of H-pyrrole nitrogens is 1. The summed E-state index contributed by atoms with van der Waals surface area (Å²) in [5.74, 6) is 0. The summed E-state index contributed by atoms with van der Waals surface area (Å²) in [5.41, 5.74) is 2.42. The summed E-state index contributed by atoms with van der Waals surface area (Å²) >= 11 is 0. The molecule has 1 aliphatic rings. The molecule has 72 valence electrons. The standard InChI is InChI=1S/C9H10N4O/c14-5-9(1-2-9)6-3-7-8(10-4-6)12-13-11-7/h3-4,14H,1-2,5H2,(H,10,11,12,13). The number of nitrogens with one attached hydrogen (secondary N) is 1. The predicted octanol–water partition coefficient (Wildman–Crippen LogP) is 0.377. The summed E-state index contributed by atoms with van der Waals surface area (Å²) < 4.78 is 0. The average molecular weight is 190 g/mol. The molecular formula is C9H10N4O. The first-order chi connectivity index (χ1) is 6.84. The topological polar surface area (TPSA) is 74.7 Å². The summed E-state index contributed by atoms with van der Waals surface area (Å²) in [7, 11) is 0. The minimum Gasteiger partial charge on any atom is -0.395 e. The van der Waals surface area contributed by atoms with E-state index in [1.165, 1.54) is 0 Å². The summed E-state index contributed by atoms with van der Waals surface area (Å²) in [6.45, 7) is 0.192. The fraction of sp³-hybridized carbons (Fsp3) is 0.444. The van der Waals surface area contributed by atoms with Crippen molar-refractivity contribution in [3.05, 3.63) is 17.8 Å². The van der Waals surface area contributed by atoms with E-state index in [0.717, 1.165) is 23.9 Å². The summed E-state index contributed by atoms with van der Waals surface area (Å²) in [5, 5.41) is 19.6. The van der Waals surface area contributed by atoms with E-state index >= 15 is 0 Å². The second kappa shape index (κ2) is 2.51. The maximum Gasteiger partial charge on any atom is 0.201 e. The van der Waals surface area contributed by atoms with E-state index in [9.17, 15) is 5.11 Å². The van der Waals surface area contributed by atoms with E-state index in [0.29, 0.717) is 5.65 Å². The number of aliphatic hydroxyl groups is 1. The van der Waals surface area contributed by atoms with Crippen LogP contribution in [0.25, 0.3) is 11.2 Å². The third kappa shape index (κ3) is 0.957. The lowest BCUT2D eigenvalue weighted by molar-refractivity contribution is 0.255. The van der Waals surface area contributed by atoms with Crippen LogP contribution in [-0.4, -0.2) is 32.1 Å². The van der Waals surface area contributed by atoms with Gasteiger partial charge in [-0.15, -0.1) is 5.10 Å². The lowest BCUT2D eigenvalue weighted by Gasteiger charge is -2.10. The highest BCUT2D eigenvalue weighted by molar-refractivity contribution is 5.69. The molecule has 0 aliphatic heterocycles. The number of nitrogens with zero attached hydrogens (tertiary/aromatic N) is 3. The Bertz CT molecular complexity index is 474. The zero-order valence-electron chi connectivity index (χ0n) is 7.56. The molecule has 5 heteroatoms. The number of hydrogen-bond acceptors (Lipinski definition) is 4. The Kier molecular flexibility index (Phi) is 1.41. The average Bonchev–Trinajstić information content (AvgIpc) is 2.89. The minimum absolute atomic E-state index is 0.0415. The van der Waals surface area contributed by atoms with Crippen molar-refractivity contribution in [2.24, 2.45) is 0 Å². The van der Waals surface area contributed by atoms with Crippen molar-refractivity contribution in [2.75, 3.05) is 6.61 Å². The van der Waals surface area contributed by atoms with Crippen molar-refractivity contribution >= 4 is 11.2 Å². The van der Waals surface area contributed by atoms with Gasteiger partial charge in [0, 0.05) is 11.6 Å². The fourth-order valence-corrected chi connectivity index (χ4v) is 1.72. The Morgan fingerprint density at radius 2 is 2.29 bits per heavy atom. The molecule has 0 amide bonds. The van der Waals surface area contributed by atoms with Crippen LogP contribution in [0.5, 0.6) is 0 Å². The summed E-state index contributed by atoms with van der Waals surface area (Å²) in [4.78, 5) is 4.18. The molecule has 0 saturated heterocycles. The summed E-state index contributed by atoms with van der Waals surface area (Å²) in [6, 6.07) is 1.95. The van der Waals surface area contributed by atoms with Crippen LogP contribution in [0, 0.1) is 0 Å². The van der Waals surface area contributed by atoms with E-state index in [4.69, 9.17) is 0 Å². The molecule has 5 nitrogen and oxygen atoms in total. The third-order valence-corrected chi connectivity index (χ3v) is 2.94. The third-order valence-electron chi connectivity index (χ3n) is 2.94. The molecule has 3 rings (SSSR count). The number of aliphatic hydroxyl groups excluding tert-OH is 1. The zero-order valence-corrected chi connectivity index (χ0v) is 7.56. The minimum atomic E-state index is -0.0415. The van der Waals surface area contributed by atoms with Crippen LogP contribution >= 0.6 is 0 Å². The van der Waals surface area contributed by atoms with E-state index in [1.807, 2.05) is 6.07 Å². The van der Waals surface area contributed by atoms with Gasteiger partial charge in [-0.25, -0.2) is 4.98 Å². The number of pyridine rings is 1. The molecule has 0 atom stereocenters. The van der Waals surface area contributed by atoms with Gasteiger partial charge in [0.25, 0.3) is 0 Å². The Hall–Kier alpha value is -1.49. The molecule has 1 fully saturated rings. The Morgan fingerprint density at radius 1 is 1.43 bits per heavy atom. The van der Waals surface area contributed by atoms with Crippen LogP contribution in [-0.2, 0) is 5.41 Å². The normalized spacial score (nSPS) is 18.6. The van der Waals surface area contributed by atoms with Crippen molar-refractivity contribution in [3.63, 3.8) is 0 Å². The van der Waals surface area contributed by atoms with E-state index in [1.54, 1.807) is 6.20 Å². The van der Waals surface area contributed by atoms with Gasteiger partial charge in [0.1, 0.15) is 5.52 Å². The molecule has 0 unspecified atom stereocenters. The number of rotatable bonds is 2. The SMILES string of the molecule is OCC1(c2cnc3n[nH]nc3c2)CC1. The van der Waals surface area contributed by atoms with Crippen LogP contribution in [0.15, 0.2) is 12.3 Å². The van der Waals surface area contributed by atoms with Crippen LogP contribution in [0.4, 0.5) is 0 Å². The van der Waals surface area contributed by atoms with Crippen molar-refractivity contribution in [2.45, 2.75) is 18.3 Å². The molecule has 0 spiro atoms. The number of aromatic amines is 1. The smallest absolute Gasteiger partial charge is 0.201 e. The van der Waals surface area contributed by atoms with E-state index in [2.05, 4.69) is 20.4 Å². The maximum atomic E-state index is 9.26. The number of hydrogen-bond donors (Lipinski definition) is 2. The van der Waals surface area contributed by atoms with Gasteiger partial charge in [-0.05, 0) is 24.5 Å². The molecule has 2 aromatic rings. The highest BCUT2D eigenvalue weighted by Gasteiger charge is 2.44. The van der Waals surface area contributed by atoms with Crippen molar-refractivity contribution in [1.29, 1.82) is 0 Å². The van der Waals surface area contributed by atoms with Gasteiger partial charge in [-0.1, -0.05) is 0 Å². The Balaban J connectivity index is 2.13. The van der Waals surface area contributed by atoms with Crippen molar-refractivity contribution < 1.29 is 5.11 Å². The first-order valence-electron chi connectivity index (χ1n) is 4.62. The van der Waals surface area contributed by atoms with Gasteiger partial charge in [0.15, 0.2) is 0 Å². The van der Waals surface area contributed by atoms with Crippen molar-refractivity contribution in [3.8, 4) is 0 Å². The van der Waals surface area contributed by atoms with Gasteiger partial charge in [0.05, 0.1) is 6.61 Å². The first-order valence-corrected chi connectivity index (χ1v) is 4.62. The van der Waals surface area contributed by atoms with Gasteiger partial charge < -0.3 is 5.11 Å². The first kappa shape index (κ1) is 7.87. The molecular weight excluding hydrogens is 180 g/mol. The van der Waals surface area contributed by atoms with Crippen LogP contribution in [0.1, 0.15) is 18.4 Å². The molecule has 14 heavy (non-hydrogen) atoms. The lowest BCUT2D eigenvalue weighted by atomic mass is 9.99. The van der Waals surface area contributed by atoms with E-state index < -0.39 is 0 Å². The predicted molar refractivity (Wildman–Crippen MR) is 49.7 cm³/mol. The van der Waals surface area contributed by atoms with Crippen LogP contribution in [0.2, 0.25) is 0 Å². The van der Waals surface area contributed by atoms with Crippen LogP contribution in [0.3, 0.4) is 0 Å². The van der Waals surface area contributed by atoms with E-state index in [-0.39, 0.29) is 12.0 Å². The Labute approximate surface area is 80.2 Å². The molecule has 0 aromatic carbocycles. The monoisotopic (exact) mass is 190 g/mol. The largest absolute Gasteiger partial charge is 0.395 e. The molecule has 2 heterocycles. The molecule has 1 saturated carbocycles. The Morgan fingerprint density at radius 3 is 3.00 bits per heavy atom. The number of fused-ring (bicyclic) bond motifs is 1.